The van der Waals surface area contributed by atoms with Crippen molar-refractivity contribution in [3.05, 3.63) is 48.5 Å². The van der Waals surface area contributed by atoms with Gasteiger partial charge in [0.05, 0.1) is 5.69 Å². The molecule has 3 heteroatoms. The highest BCUT2D eigenvalue weighted by Gasteiger charge is 2.08. The first-order valence-corrected chi connectivity index (χ1v) is 6.89. The molecule has 0 radical (unpaired) electrons. The number of rotatable bonds is 5. The van der Waals surface area contributed by atoms with Crippen molar-refractivity contribution in [1.29, 1.82) is 0 Å². The second kappa shape index (κ2) is 6.75. The van der Waals surface area contributed by atoms with Crippen molar-refractivity contribution in [2.45, 2.75) is 26.2 Å². The molecule has 2 N–H and O–H groups in total. The molecule has 1 amide bonds. The number of aromatic hydroxyl groups is 1. The molecule has 0 saturated heterocycles. The Bertz CT molecular complexity index is 579. The fraction of sp³-hybridized carbons (Fsp3) is 0.235. The van der Waals surface area contributed by atoms with E-state index in [0.717, 1.165) is 24.0 Å². The monoisotopic (exact) mass is 269 g/mol. The molecule has 0 fully saturated rings. The maximum absolute atomic E-state index is 11.7. The van der Waals surface area contributed by atoms with Crippen LogP contribution in [0.4, 0.5) is 5.69 Å². The summed E-state index contributed by atoms with van der Waals surface area (Å²) in [6, 6.07) is 15.1. The average Bonchev–Trinajstić information content (AvgIpc) is 2.48. The van der Waals surface area contributed by atoms with Gasteiger partial charge in [0.1, 0.15) is 5.75 Å². The van der Waals surface area contributed by atoms with Gasteiger partial charge in [0.2, 0.25) is 5.91 Å². The van der Waals surface area contributed by atoms with Crippen LogP contribution in [0.25, 0.3) is 11.1 Å². The number of carbonyl (C=O) groups excluding carboxylic acids is 1. The zero-order valence-corrected chi connectivity index (χ0v) is 11.6. The molecule has 0 aliphatic rings. The van der Waals surface area contributed by atoms with Crippen LogP contribution >= 0.6 is 0 Å². The fourth-order valence-electron chi connectivity index (χ4n) is 2.00. The maximum atomic E-state index is 11.7. The molecular formula is C17H19NO2. The standard InChI is InChI=1S/C17H19NO2/c1-2-3-9-17(20)18-15-12-14(10-11-16(15)19)13-7-5-4-6-8-13/h4-8,10-12,19H,2-3,9H2,1H3,(H,18,20). The summed E-state index contributed by atoms with van der Waals surface area (Å²) < 4.78 is 0. The quantitative estimate of drug-likeness (QED) is 0.800. The lowest BCUT2D eigenvalue weighted by atomic mass is 10.0. The Labute approximate surface area is 119 Å². The van der Waals surface area contributed by atoms with Crippen LogP contribution in [0.3, 0.4) is 0 Å². The van der Waals surface area contributed by atoms with E-state index in [-0.39, 0.29) is 11.7 Å². The summed E-state index contributed by atoms with van der Waals surface area (Å²) in [6.45, 7) is 2.04. The van der Waals surface area contributed by atoms with Gasteiger partial charge in [-0.3, -0.25) is 4.79 Å². The van der Waals surface area contributed by atoms with E-state index in [0.29, 0.717) is 12.1 Å². The van der Waals surface area contributed by atoms with E-state index in [4.69, 9.17) is 0 Å². The van der Waals surface area contributed by atoms with Crippen molar-refractivity contribution in [2.24, 2.45) is 0 Å². The molecule has 2 rings (SSSR count). The summed E-state index contributed by atoms with van der Waals surface area (Å²) in [5.74, 6) is 0.0295. The Morgan fingerprint density at radius 3 is 2.55 bits per heavy atom. The van der Waals surface area contributed by atoms with Gasteiger partial charge in [-0.25, -0.2) is 0 Å². The highest BCUT2D eigenvalue weighted by atomic mass is 16.3. The largest absolute Gasteiger partial charge is 0.506 e. The first kappa shape index (κ1) is 14.1. The summed E-state index contributed by atoms with van der Waals surface area (Å²) in [5.41, 5.74) is 2.48. The molecule has 0 unspecified atom stereocenters. The van der Waals surface area contributed by atoms with Gasteiger partial charge in [-0.1, -0.05) is 49.7 Å². The number of benzene rings is 2. The molecule has 20 heavy (non-hydrogen) atoms. The van der Waals surface area contributed by atoms with Gasteiger partial charge in [-0.15, -0.1) is 0 Å². The van der Waals surface area contributed by atoms with Crippen LogP contribution in [0, 0.1) is 0 Å². The Kier molecular flexibility index (Phi) is 4.77. The molecule has 2 aromatic carbocycles. The number of nitrogens with one attached hydrogen (secondary N) is 1. The summed E-state index contributed by atoms with van der Waals surface area (Å²) in [5, 5.41) is 12.6. The average molecular weight is 269 g/mol. The molecule has 104 valence electrons. The van der Waals surface area contributed by atoms with Crippen molar-refractivity contribution in [2.75, 3.05) is 5.32 Å². The molecule has 0 aliphatic carbocycles. The molecule has 3 nitrogen and oxygen atoms in total. The smallest absolute Gasteiger partial charge is 0.224 e. The Morgan fingerprint density at radius 1 is 1.10 bits per heavy atom. The minimum absolute atomic E-state index is 0.0626. The van der Waals surface area contributed by atoms with Crippen LogP contribution in [-0.2, 0) is 4.79 Å². The summed E-state index contributed by atoms with van der Waals surface area (Å²) in [4.78, 5) is 11.7. The minimum atomic E-state index is -0.0626. The molecule has 2 aromatic rings. The van der Waals surface area contributed by atoms with Crippen LogP contribution in [0.1, 0.15) is 26.2 Å². The Hall–Kier alpha value is -2.29. The lowest BCUT2D eigenvalue weighted by Gasteiger charge is -2.09. The van der Waals surface area contributed by atoms with Crippen molar-refractivity contribution >= 4 is 11.6 Å². The van der Waals surface area contributed by atoms with Gasteiger partial charge in [0.25, 0.3) is 0 Å². The van der Waals surface area contributed by atoms with E-state index >= 15 is 0 Å². The molecule has 0 atom stereocenters. The van der Waals surface area contributed by atoms with Gasteiger partial charge < -0.3 is 10.4 Å². The second-order valence-electron chi connectivity index (χ2n) is 4.75. The number of phenols is 1. The third-order valence-electron chi connectivity index (χ3n) is 3.14. The van der Waals surface area contributed by atoms with Crippen LogP contribution in [0.15, 0.2) is 48.5 Å². The first-order chi connectivity index (χ1) is 9.70. The summed E-state index contributed by atoms with van der Waals surface area (Å²) in [7, 11) is 0. The first-order valence-electron chi connectivity index (χ1n) is 6.89. The van der Waals surface area contributed by atoms with E-state index in [9.17, 15) is 9.90 Å². The number of unbranched alkanes of at least 4 members (excludes halogenated alkanes) is 1. The van der Waals surface area contributed by atoms with Gasteiger partial charge in [0, 0.05) is 6.42 Å². The lowest BCUT2D eigenvalue weighted by Crippen LogP contribution is -2.11. The number of carbonyl (C=O) groups is 1. The van der Waals surface area contributed by atoms with E-state index in [1.54, 1.807) is 12.1 Å². The number of hydrogen-bond donors (Lipinski definition) is 2. The molecular weight excluding hydrogens is 250 g/mol. The highest BCUT2D eigenvalue weighted by Crippen LogP contribution is 2.29. The molecule has 0 aliphatic heterocycles. The van der Waals surface area contributed by atoms with E-state index in [2.05, 4.69) is 5.32 Å². The van der Waals surface area contributed by atoms with Crippen LogP contribution < -0.4 is 5.32 Å². The van der Waals surface area contributed by atoms with E-state index in [1.807, 2.05) is 43.3 Å². The second-order valence-corrected chi connectivity index (χ2v) is 4.75. The summed E-state index contributed by atoms with van der Waals surface area (Å²) in [6.07, 6.45) is 2.31. The normalized spacial score (nSPS) is 10.2. The molecule has 0 aromatic heterocycles. The topological polar surface area (TPSA) is 49.3 Å². The zero-order valence-electron chi connectivity index (χ0n) is 11.6. The number of hydrogen-bond acceptors (Lipinski definition) is 2. The summed E-state index contributed by atoms with van der Waals surface area (Å²) >= 11 is 0. The number of phenolic OH excluding ortho intramolecular Hbond substituents is 1. The van der Waals surface area contributed by atoms with E-state index in [1.165, 1.54) is 0 Å². The highest BCUT2D eigenvalue weighted by molar-refractivity contribution is 5.93. The van der Waals surface area contributed by atoms with Crippen molar-refractivity contribution in [1.82, 2.24) is 0 Å². The number of anilines is 1. The van der Waals surface area contributed by atoms with E-state index < -0.39 is 0 Å². The SMILES string of the molecule is CCCCC(=O)Nc1cc(-c2ccccc2)ccc1O. The minimum Gasteiger partial charge on any atom is -0.506 e. The van der Waals surface area contributed by atoms with Crippen LogP contribution in [-0.4, -0.2) is 11.0 Å². The van der Waals surface area contributed by atoms with Gasteiger partial charge in [-0.05, 0) is 29.7 Å². The lowest BCUT2D eigenvalue weighted by molar-refractivity contribution is -0.116. The van der Waals surface area contributed by atoms with Crippen molar-refractivity contribution in [3.8, 4) is 16.9 Å². The van der Waals surface area contributed by atoms with Gasteiger partial charge in [-0.2, -0.15) is 0 Å². The Balaban J connectivity index is 2.19. The number of amides is 1. The third-order valence-corrected chi connectivity index (χ3v) is 3.14. The van der Waals surface area contributed by atoms with Gasteiger partial charge >= 0.3 is 0 Å². The zero-order chi connectivity index (χ0) is 14.4. The molecule has 0 heterocycles. The fourth-order valence-corrected chi connectivity index (χ4v) is 2.00. The predicted octanol–water partition coefficient (Wildman–Crippen LogP) is 4.19. The van der Waals surface area contributed by atoms with Crippen LogP contribution in [0.5, 0.6) is 5.75 Å². The van der Waals surface area contributed by atoms with Crippen molar-refractivity contribution in [3.63, 3.8) is 0 Å². The molecule has 0 saturated carbocycles. The third kappa shape index (κ3) is 3.60. The Morgan fingerprint density at radius 2 is 1.85 bits per heavy atom. The predicted molar refractivity (Wildman–Crippen MR) is 81.7 cm³/mol. The molecule has 0 bridgehead atoms. The maximum Gasteiger partial charge on any atom is 0.224 e. The van der Waals surface area contributed by atoms with Gasteiger partial charge in [0.15, 0.2) is 0 Å². The van der Waals surface area contributed by atoms with Crippen molar-refractivity contribution < 1.29 is 9.90 Å². The van der Waals surface area contributed by atoms with Crippen LogP contribution in [0.2, 0.25) is 0 Å². The molecule has 0 spiro atoms.